The molecule has 1 aromatic heterocycles. The molecule has 1 aromatic carbocycles. The molecule has 7 nitrogen and oxygen atoms in total. The number of para-hydroxylation sites is 1. The molecule has 0 saturated carbocycles. The molecule has 0 saturated heterocycles. The Balaban J connectivity index is 1.82. The van der Waals surface area contributed by atoms with Crippen molar-refractivity contribution in [3.63, 3.8) is 0 Å². The summed E-state index contributed by atoms with van der Waals surface area (Å²) in [4.78, 5) is 24.0. The molecular formula is C16H18N4O3S. The van der Waals surface area contributed by atoms with Gasteiger partial charge in [-0.25, -0.2) is 4.68 Å². The van der Waals surface area contributed by atoms with Crippen molar-refractivity contribution in [3.05, 3.63) is 41.6 Å². The first kappa shape index (κ1) is 16.5. The number of fused-ring (bicyclic) bond motifs is 1. The van der Waals surface area contributed by atoms with E-state index in [9.17, 15) is 9.59 Å². The van der Waals surface area contributed by atoms with Gasteiger partial charge in [0.25, 0.3) is 0 Å². The molecule has 0 atom stereocenters. The van der Waals surface area contributed by atoms with Gasteiger partial charge in [-0.15, -0.1) is 0 Å². The average molecular weight is 346 g/mol. The first-order chi connectivity index (χ1) is 11.7. The molecule has 0 bridgehead atoms. The van der Waals surface area contributed by atoms with Crippen LogP contribution in [0.1, 0.15) is 17.7 Å². The van der Waals surface area contributed by atoms with Crippen LogP contribution in [-0.4, -0.2) is 39.9 Å². The van der Waals surface area contributed by atoms with Gasteiger partial charge in [0.15, 0.2) is 0 Å². The summed E-state index contributed by atoms with van der Waals surface area (Å²) in [5.41, 5.74) is 2.72. The van der Waals surface area contributed by atoms with E-state index in [-0.39, 0.29) is 13.2 Å². The molecule has 2 amide bonds. The Morgan fingerprint density at radius 2 is 2.00 bits per heavy atom. The summed E-state index contributed by atoms with van der Waals surface area (Å²) in [6.07, 6.45) is 0.410. The van der Waals surface area contributed by atoms with E-state index in [2.05, 4.69) is 15.7 Å². The molecule has 0 fully saturated rings. The summed E-state index contributed by atoms with van der Waals surface area (Å²) in [6.45, 7) is 0.224. The quantitative estimate of drug-likeness (QED) is 0.556. The van der Waals surface area contributed by atoms with Gasteiger partial charge in [-0.05, 0) is 18.6 Å². The molecule has 2 heterocycles. The average Bonchev–Trinajstić information content (AvgIpc) is 3.18. The Kier molecular flexibility index (Phi) is 5.17. The molecular weight excluding hydrogens is 328 g/mol. The summed E-state index contributed by atoms with van der Waals surface area (Å²) in [6, 6.07) is 9.48. The van der Waals surface area contributed by atoms with Gasteiger partial charge in [0.05, 0.1) is 11.4 Å². The molecule has 3 rings (SSSR count). The minimum absolute atomic E-state index is 0.0343. The Labute approximate surface area is 143 Å². The highest BCUT2D eigenvalue weighted by molar-refractivity contribution is 7.98. The number of anilines is 1. The number of rotatable bonds is 5. The van der Waals surface area contributed by atoms with Crippen LogP contribution in [0.25, 0.3) is 5.69 Å². The van der Waals surface area contributed by atoms with Gasteiger partial charge in [-0.1, -0.05) is 18.2 Å². The first-order valence-electron chi connectivity index (χ1n) is 7.64. The third kappa shape index (κ3) is 3.44. The van der Waals surface area contributed by atoms with Crippen molar-refractivity contribution in [2.75, 3.05) is 18.5 Å². The van der Waals surface area contributed by atoms with Gasteiger partial charge < -0.3 is 15.7 Å². The molecule has 24 heavy (non-hydrogen) atoms. The largest absolute Gasteiger partial charge is 0.396 e. The molecule has 1 aliphatic heterocycles. The molecule has 0 spiro atoms. The summed E-state index contributed by atoms with van der Waals surface area (Å²) >= 11 is 1.72. The molecule has 8 heteroatoms. The number of carbonyl (C=O) groups is 2. The second kappa shape index (κ2) is 7.50. The Hall–Kier alpha value is -2.32. The highest BCUT2D eigenvalue weighted by atomic mass is 32.2. The number of nitrogens with zero attached hydrogens (tertiary/aromatic N) is 2. The van der Waals surface area contributed by atoms with E-state index < -0.39 is 11.8 Å². The number of amides is 2. The SMILES string of the molecule is O=C(NCCCO)C(=O)Nc1c2c(nn1-c1ccccc1)CSC2. The monoisotopic (exact) mass is 346 g/mol. The number of aromatic nitrogens is 2. The van der Waals surface area contributed by atoms with E-state index in [1.807, 2.05) is 30.3 Å². The lowest BCUT2D eigenvalue weighted by Gasteiger charge is -2.11. The van der Waals surface area contributed by atoms with Gasteiger partial charge in [-0.3, -0.25) is 9.59 Å². The number of hydrogen-bond donors (Lipinski definition) is 3. The smallest absolute Gasteiger partial charge is 0.314 e. The van der Waals surface area contributed by atoms with Crippen molar-refractivity contribution in [3.8, 4) is 5.69 Å². The van der Waals surface area contributed by atoms with Crippen molar-refractivity contribution in [2.24, 2.45) is 0 Å². The van der Waals surface area contributed by atoms with Crippen LogP contribution >= 0.6 is 11.8 Å². The van der Waals surface area contributed by atoms with Crippen molar-refractivity contribution in [1.29, 1.82) is 0 Å². The van der Waals surface area contributed by atoms with Crippen LogP contribution in [0.4, 0.5) is 5.82 Å². The van der Waals surface area contributed by atoms with Gasteiger partial charge >= 0.3 is 11.8 Å². The van der Waals surface area contributed by atoms with Crippen molar-refractivity contribution >= 4 is 29.4 Å². The van der Waals surface area contributed by atoms with Gasteiger partial charge in [0, 0.05) is 30.2 Å². The molecule has 2 aromatic rings. The topological polar surface area (TPSA) is 96.2 Å². The normalized spacial score (nSPS) is 12.7. The third-order valence-electron chi connectivity index (χ3n) is 3.61. The van der Waals surface area contributed by atoms with Crippen molar-refractivity contribution < 1.29 is 14.7 Å². The fourth-order valence-electron chi connectivity index (χ4n) is 2.42. The predicted molar refractivity (Wildman–Crippen MR) is 91.9 cm³/mol. The molecule has 1 aliphatic rings. The zero-order valence-electron chi connectivity index (χ0n) is 13.0. The highest BCUT2D eigenvalue weighted by Gasteiger charge is 2.26. The number of thioether (sulfide) groups is 1. The second-order valence-corrected chi connectivity index (χ2v) is 6.29. The van der Waals surface area contributed by atoms with Crippen LogP contribution in [0.2, 0.25) is 0 Å². The Morgan fingerprint density at radius 3 is 2.75 bits per heavy atom. The first-order valence-corrected chi connectivity index (χ1v) is 8.80. The van der Waals surface area contributed by atoms with E-state index >= 15 is 0 Å². The van der Waals surface area contributed by atoms with E-state index in [1.54, 1.807) is 16.4 Å². The van der Waals surface area contributed by atoms with E-state index in [4.69, 9.17) is 5.11 Å². The minimum Gasteiger partial charge on any atom is -0.396 e. The van der Waals surface area contributed by atoms with Crippen LogP contribution in [0.3, 0.4) is 0 Å². The summed E-state index contributed by atoms with van der Waals surface area (Å²) in [7, 11) is 0. The van der Waals surface area contributed by atoms with Crippen LogP contribution in [-0.2, 0) is 21.1 Å². The maximum Gasteiger partial charge on any atom is 0.314 e. The zero-order valence-corrected chi connectivity index (χ0v) is 13.8. The maximum absolute atomic E-state index is 12.2. The predicted octanol–water partition coefficient (Wildman–Crippen LogP) is 1.06. The minimum atomic E-state index is -0.732. The summed E-state index contributed by atoms with van der Waals surface area (Å²) in [5, 5.41) is 18.5. The van der Waals surface area contributed by atoms with Gasteiger partial charge in [-0.2, -0.15) is 16.9 Å². The second-order valence-electron chi connectivity index (χ2n) is 5.30. The number of aliphatic hydroxyl groups excluding tert-OH is 1. The number of aliphatic hydroxyl groups is 1. The Bertz CT molecular complexity index is 745. The molecule has 0 radical (unpaired) electrons. The van der Waals surface area contributed by atoms with Crippen molar-refractivity contribution in [1.82, 2.24) is 15.1 Å². The van der Waals surface area contributed by atoms with E-state index in [0.717, 1.165) is 28.5 Å². The lowest BCUT2D eigenvalue weighted by Crippen LogP contribution is -2.36. The summed E-state index contributed by atoms with van der Waals surface area (Å²) < 4.78 is 1.67. The number of nitrogens with one attached hydrogen (secondary N) is 2. The summed E-state index contributed by atoms with van der Waals surface area (Å²) in [5.74, 6) is 0.641. The van der Waals surface area contributed by atoms with E-state index in [0.29, 0.717) is 12.2 Å². The fraction of sp³-hybridized carbons (Fsp3) is 0.312. The Morgan fingerprint density at radius 1 is 1.21 bits per heavy atom. The fourth-order valence-corrected chi connectivity index (χ4v) is 3.46. The third-order valence-corrected chi connectivity index (χ3v) is 4.58. The molecule has 0 aliphatic carbocycles. The maximum atomic E-state index is 12.2. The van der Waals surface area contributed by atoms with Gasteiger partial charge in [0.2, 0.25) is 0 Å². The lowest BCUT2D eigenvalue weighted by atomic mass is 10.2. The number of carbonyl (C=O) groups excluding carboxylic acids is 2. The van der Waals surface area contributed by atoms with Crippen LogP contribution < -0.4 is 10.6 Å². The van der Waals surface area contributed by atoms with Crippen LogP contribution in [0, 0.1) is 0 Å². The van der Waals surface area contributed by atoms with Gasteiger partial charge in [0.1, 0.15) is 5.82 Å². The lowest BCUT2D eigenvalue weighted by molar-refractivity contribution is -0.136. The van der Waals surface area contributed by atoms with Crippen molar-refractivity contribution in [2.45, 2.75) is 17.9 Å². The number of benzene rings is 1. The van der Waals surface area contributed by atoms with Crippen LogP contribution in [0.5, 0.6) is 0 Å². The molecule has 0 unspecified atom stereocenters. The standard InChI is InChI=1S/C16H18N4O3S/c21-8-4-7-17-15(22)16(23)18-14-12-9-24-10-13(12)19-20(14)11-5-2-1-3-6-11/h1-3,5-6,21H,4,7-10H2,(H,17,22)(H,18,23). The molecule has 3 N–H and O–H groups in total. The van der Waals surface area contributed by atoms with Crippen LogP contribution in [0.15, 0.2) is 30.3 Å². The molecule has 126 valence electrons. The number of hydrogen-bond acceptors (Lipinski definition) is 5. The van der Waals surface area contributed by atoms with E-state index in [1.165, 1.54) is 0 Å². The highest BCUT2D eigenvalue weighted by Crippen LogP contribution is 2.35. The zero-order chi connectivity index (χ0) is 16.9.